The number of nitrogens with two attached hydrogens (primary N) is 1. The van der Waals surface area contributed by atoms with Crippen LogP contribution in [0, 0.1) is 5.92 Å². The number of aliphatic hydroxyl groups excluding tert-OH is 1. The Hall–Kier alpha value is -5.52. The zero-order valence-electron chi connectivity index (χ0n) is 28.3. The normalized spacial score (nSPS) is 13.3. The number of amides is 9. The number of urea groups is 1. The molecule has 50 heavy (non-hydrogen) atoms. The fraction of sp³-hybridized carbons (Fsp3) is 0.500. The molecule has 1 aliphatic rings. The first-order chi connectivity index (χ1) is 23.7. The number of primary amides is 1. The van der Waals surface area contributed by atoms with Crippen molar-refractivity contribution >= 4 is 53.1 Å². The van der Waals surface area contributed by atoms with Crippen molar-refractivity contribution in [1.29, 1.82) is 0 Å². The smallest absolute Gasteiger partial charge is 0.312 e. The van der Waals surface area contributed by atoms with Crippen LogP contribution in [-0.2, 0) is 40.2 Å². The van der Waals surface area contributed by atoms with Crippen LogP contribution in [0.25, 0.3) is 0 Å². The van der Waals surface area contributed by atoms with Crippen LogP contribution in [0.4, 0.5) is 10.5 Å². The van der Waals surface area contributed by atoms with Crippen molar-refractivity contribution in [3.05, 3.63) is 35.9 Å². The number of nitrogens with one attached hydrogen (secondary N) is 6. The molecule has 0 bridgehead atoms. The highest BCUT2D eigenvalue weighted by atomic mass is 16.5. The van der Waals surface area contributed by atoms with Crippen LogP contribution < -0.4 is 42.4 Å². The molecule has 0 aliphatic carbocycles. The van der Waals surface area contributed by atoms with Crippen LogP contribution in [0.1, 0.15) is 52.0 Å². The Morgan fingerprint density at radius 2 is 1.52 bits per heavy atom. The maximum atomic E-state index is 13.3. The zero-order chi connectivity index (χ0) is 37.2. The van der Waals surface area contributed by atoms with Gasteiger partial charge in [-0.3, -0.25) is 38.5 Å². The standard InChI is InChI=1S/C32H46N8O10/c1-19(2)29(37-20(3)42)31(48)39-23(6-4-12-36-32(33)49)30(47)38-22-8-7-21(17-41)24(16-22)50-18-26(44)35-14-5-13-34-25(43)11-15-40-27(45)9-10-28(40)46/h7-10,16,19,23,29,41H,4-6,11-15,17-18H2,1-3H3,(H,34,43)(H,35,44)(H,37,42)(H,38,47)(H,39,48)(H3,33,36,49)/t23-,29?/m0/s1. The number of anilines is 1. The van der Waals surface area contributed by atoms with E-state index in [0.29, 0.717) is 12.0 Å². The summed E-state index contributed by atoms with van der Waals surface area (Å²) in [5.74, 6) is -3.52. The van der Waals surface area contributed by atoms with Crippen LogP contribution in [0.5, 0.6) is 5.75 Å². The molecule has 0 fully saturated rings. The van der Waals surface area contributed by atoms with E-state index < -0.39 is 66.8 Å². The lowest BCUT2D eigenvalue weighted by Crippen LogP contribution is -2.54. The van der Waals surface area contributed by atoms with E-state index in [1.54, 1.807) is 13.8 Å². The summed E-state index contributed by atoms with van der Waals surface area (Å²) in [6.07, 6.45) is 3.03. The van der Waals surface area contributed by atoms with Crippen molar-refractivity contribution in [2.24, 2.45) is 11.7 Å². The maximum Gasteiger partial charge on any atom is 0.312 e. The zero-order valence-corrected chi connectivity index (χ0v) is 28.3. The molecule has 9 amide bonds. The fourth-order valence-electron chi connectivity index (χ4n) is 4.62. The number of aliphatic hydroxyl groups is 1. The highest BCUT2D eigenvalue weighted by Crippen LogP contribution is 2.24. The molecular weight excluding hydrogens is 656 g/mol. The molecule has 1 heterocycles. The van der Waals surface area contributed by atoms with E-state index in [4.69, 9.17) is 10.5 Å². The molecule has 0 radical (unpaired) electrons. The largest absolute Gasteiger partial charge is 0.483 e. The number of hydrogen-bond acceptors (Lipinski definition) is 10. The summed E-state index contributed by atoms with van der Waals surface area (Å²) in [6.45, 7) is 4.48. The number of imide groups is 1. The van der Waals surface area contributed by atoms with Crippen LogP contribution in [0.2, 0.25) is 0 Å². The van der Waals surface area contributed by atoms with Gasteiger partial charge >= 0.3 is 6.03 Å². The molecule has 1 aromatic carbocycles. The molecule has 0 spiro atoms. The number of carbonyl (C=O) groups is 8. The molecular formula is C32H46N8O10. The van der Waals surface area contributed by atoms with Gasteiger partial charge in [0.1, 0.15) is 17.8 Å². The van der Waals surface area contributed by atoms with E-state index >= 15 is 0 Å². The number of nitrogens with zero attached hydrogens (tertiary/aromatic N) is 1. The van der Waals surface area contributed by atoms with E-state index in [-0.39, 0.29) is 68.7 Å². The van der Waals surface area contributed by atoms with Crippen molar-refractivity contribution in [3.8, 4) is 5.75 Å². The third-order valence-electron chi connectivity index (χ3n) is 7.23. The van der Waals surface area contributed by atoms with Gasteiger partial charge < -0.3 is 47.5 Å². The van der Waals surface area contributed by atoms with Gasteiger partial charge in [-0.15, -0.1) is 0 Å². The average molecular weight is 703 g/mol. The minimum atomic E-state index is -1.07. The van der Waals surface area contributed by atoms with E-state index in [9.17, 15) is 43.5 Å². The van der Waals surface area contributed by atoms with E-state index in [2.05, 4.69) is 31.9 Å². The Morgan fingerprint density at radius 1 is 0.880 bits per heavy atom. The Bertz CT molecular complexity index is 1430. The number of carbonyl (C=O) groups excluding carboxylic acids is 8. The third-order valence-corrected chi connectivity index (χ3v) is 7.23. The van der Waals surface area contributed by atoms with Gasteiger partial charge in [-0.1, -0.05) is 19.9 Å². The molecule has 18 nitrogen and oxygen atoms in total. The minimum Gasteiger partial charge on any atom is -0.483 e. The molecule has 9 N–H and O–H groups in total. The van der Waals surface area contributed by atoms with Crippen molar-refractivity contribution in [2.75, 3.05) is 38.1 Å². The van der Waals surface area contributed by atoms with Crippen molar-refractivity contribution < 1.29 is 48.2 Å². The van der Waals surface area contributed by atoms with Gasteiger partial charge in [0.2, 0.25) is 23.6 Å². The second kappa shape index (κ2) is 20.8. The maximum absolute atomic E-state index is 13.3. The summed E-state index contributed by atoms with van der Waals surface area (Å²) in [5.41, 5.74) is 5.68. The second-order valence-electron chi connectivity index (χ2n) is 11.6. The van der Waals surface area contributed by atoms with Crippen molar-refractivity contribution in [3.63, 3.8) is 0 Å². The lowest BCUT2D eigenvalue weighted by Gasteiger charge is -2.25. The lowest BCUT2D eigenvalue weighted by atomic mass is 10.0. The molecule has 1 aliphatic heterocycles. The van der Waals surface area contributed by atoms with Crippen LogP contribution in [0.15, 0.2) is 30.4 Å². The van der Waals surface area contributed by atoms with Gasteiger partial charge in [0.25, 0.3) is 17.7 Å². The number of ether oxygens (including phenoxy) is 1. The number of rotatable bonds is 21. The average Bonchev–Trinajstić information content (AvgIpc) is 3.38. The SMILES string of the molecule is CC(=O)NC(C(=O)N[C@@H](CCCNC(N)=O)C(=O)Nc1ccc(CO)c(OCC(=O)NCCCNC(=O)CCN2C(=O)C=CC2=O)c1)C(C)C. The summed E-state index contributed by atoms with van der Waals surface area (Å²) in [7, 11) is 0. The van der Waals surface area contributed by atoms with Crippen LogP contribution in [0.3, 0.4) is 0 Å². The first-order valence-electron chi connectivity index (χ1n) is 16.1. The summed E-state index contributed by atoms with van der Waals surface area (Å²) < 4.78 is 5.61. The van der Waals surface area contributed by atoms with Gasteiger partial charge in [0.05, 0.1) is 6.61 Å². The van der Waals surface area contributed by atoms with Gasteiger partial charge in [0.15, 0.2) is 6.61 Å². The quantitative estimate of drug-likeness (QED) is 0.0544. The van der Waals surface area contributed by atoms with E-state index in [1.807, 2.05) is 0 Å². The Morgan fingerprint density at radius 3 is 2.12 bits per heavy atom. The monoisotopic (exact) mass is 702 g/mol. The Labute approximate surface area is 289 Å². The molecule has 2 rings (SSSR count). The summed E-state index contributed by atoms with van der Waals surface area (Å²) in [4.78, 5) is 97.5. The predicted molar refractivity (Wildman–Crippen MR) is 179 cm³/mol. The third kappa shape index (κ3) is 14.3. The number of hydrogen-bond donors (Lipinski definition) is 8. The first-order valence-corrected chi connectivity index (χ1v) is 16.1. The minimum absolute atomic E-state index is 0.0306. The molecule has 1 unspecified atom stereocenters. The Kier molecular flexibility index (Phi) is 16.9. The highest BCUT2D eigenvalue weighted by Gasteiger charge is 2.28. The van der Waals surface area contributed by atoms with Crippen LogP contribution in [-0.4, -0.2) is 102 Å². The van der Waals surface area contributed by atoms with Gasteiger partial charge in [0, 0.05) is 69.0 Å². The van der Waals surface area contributed by atoms with Gasteiger partial charge in [-0.25, -0.2) is 4.79 Å². The van der Waals surface area contributed by atoms with Gasteiger partial charge in [-0.2, -0.15) is 0 Å². The molecule has 0 saturated carbocycles. The van der Waals surface area contributed by atoms with Crippen molar-refractivity contribution in [2.45, 2.75) is 65.1 Å². The molecule has 18 heteroatoms. The summed E-state index contributed by atoms with van der Waals surface area (Å²) in [6, 6.07) is 1.70. The van der Waals surface area contributed by atoms with Gasteiger partial charge in [-0.05, 0) is 31.2 Å². The molecule has 1 aromatic rings. The fourth-order valence-corrected chi connectivity index (χ4v) is 4.62. The summed E-state index contributed by atoms with van der Waals surface area (Å²) in [5, 5.41) is 25.4. The second-order valence-corrected chi connectivity index (χ2v) is 11.6. The van der Waals surface area contributed by atoms with E-state index in [1.165, 1.54) is 25.1 Å². The number of benzene rings is 1. The molecule has 2 atom stereocenters. The molecule has 0 aromatic heterocycles. The van der Waals surface area contributed by atoms with Crippen LogP contribution >= 0.6 is 0 Å². The van der Waals surface area contributed by atoms with Crippen molar-refractivity contribution in [1.82, 2.24) is 31.5 Å². The summed E-state index contributed by atoms with van der Waals surface area (Å²) >= 11 is 0. The van der Waals surface area contributed by atoms with E-state index in [0.717, 1.165) is 17.1 Å². The molecule has 274 valence electrons. The molecule has 0 saturated heterocycles. The highest BCUT2D eigenvalue weighted by molar-refractivity contribution is 6.13. The first kappa shape index (κ1) is 40.7. The predicted octanol–water partition coefficient (Wildman–Crippen LogP) is -1.47. The Balaban J connectivity index is 1.91. The topological polar surface area (TPSA) is 267 Å². The lowest BCUT2D eigenvalue weighted by molar-refractivity contribution is -0.137.